The fraction of sp³-hybridized carbons (Fsp3) is 0.417. The van der Waals surface area contributed by atoms with Crippen molar-refractivity contribution in [2.24, 2.45) is 0 Å². The first-order valence-electron chi connectivity index (χ1n) is 5.10. The van der Waals surface area contributed by atoms with Gasteiger partial charge < -0.3 is 14.3 Å². The fourth-order valence-electron chi connectivity index (χ4n) is 1.67. The highest BCUT2D eigenvalue weighted by Gasteiger charge is 2.23. The molecule has 0 saturated heterocycles. The highest BCUT2D eigenvalue weighted by molar-refractivity contribution is 6.31. The van der Waals surface area contributed by atoms with Gasteiger partial charge in [-0.2, -0.15) is 0 Å². The van der Waals surface area contributed by atoms with Crippen LogP contribution in [0.25, 0.3) is 0 Å². The second kappa shape index (κ2) is 5.87. The Morgan fingerprint density at radius 2 is 2.12 bits per heavy atom. The maximum atomic E-state index is 14.0. The third-order valence-corrected chi connectivity index (χ3v) is 2.81. The smallest absolute Gasteiger partial charge is 0.167 e. The van der Waals surface area contributed by atoms with Gasteiger partial charge in [0.2, 0.25) is 0 Å². The Bertz CT molecular complexity index is 421. The van der Waals surface area contributed by atoms with Crippen LogP contribution in [0.4, 0.5) is 4.39 Å². The van der Waals surface area contributed by atoms with Gasteiger partial charge in [-0.3, -0.25) is 0 Å². The topological polar surface area (TPSA) is 35.5 Å². The Balaban J connectivity index is 3.42. The van der Waals surface area contributed by atoms with Crippen molar-refractivity contribution in [3.8, 4) is 11.5 Å². The predicted molar refractivity (Wildman–Crippen MR) is 63.6 cm³/mol. The van der Waals surface area contributed by atoms with Crippen LogP contribution in [0.2, 0.25) is 5.02 Å². The van der Waals surface area contributed by atoms with Crippen molar-refractivity contribution in [3.63, 3.8) is 0 Å². The maximum absolute atomic E-state index is 14.0. The molecule has 0 aliphatic carbocycles. The Morgan fingerprint density at radius 1 is 1.47 bits per heavy atom. The van der Waals surface area contributed by atoms with Crippen molar-refractivity contribution in [2.45, 2.75) is 19.3 Å². The molecule has 0 amide bonds. The third-order valence-electron chi connectivity index (χ3n) is 2.54. The van der Waals surface area contributed by atoms with Crippen LogP contribution < -0.4 is 9.47 Å². The van der Waals surface area contributed by atoms with Crippen molar-refractivity contribution >= 4 is 17.9 Å². The molecule has 0 aliphatic heterocycles. The quantitative estimate of drug-likeness (QED) is 0.763. The number of benzene rings is 1. The van der Waals surface area contributed by atoms with Gasteiger partial charge in [-0.05, 0) is 5.92 Å². The Hall–Kier alpha value is -1.29. The molecule has 0 N–H and O–H groups in total. The molecule has 17 heavy (non-hydrogen) atoms. The lowest BCUT2D eigenvalue weighted by molar-refractivity contribution is -0.108. The molecule has 3 nitrogen and oxygen atoms in total. The molecular formula is C12H14ClFO3. The maximum Gasteiger partial charge on any atom is 0.167 e. The number of methoxy groups -OCH3 is 2. The molecule has 0 saturated carbocycles. The van der Waals surface area contributed by atoms with Gasteiger partial charge in [0.15, 0.2) is 11.5 Å². The number of aldehydes is 1. The number of carbonyl (C=O) groups is 1. The number of carbonyl (C=O) groups excluding carboxylic acids is 1. The summed E-state index contributed by atoms with van der Waals surface area (Å²) in [5, 5.41) is -0.0459. The average Bonchev–Trinajstić information content (AvgIpc) is 2.31. The van der Waals surface area contributed by atoms with Gasteiger partial charge in [-0.25, -0.2) is 4.39 Å². The van der Waals surface area contributed by atoms with Crippen LogP contribution in [0.3, 0.4) is 0 Å². The lowest BCUT2D eigenvalue weighted by Gasteiger charge is -2.18. The first-order valence-corrected chi connectivity index (χ1v) is 5.48. The van der Waals surface area contributed by atoms with E-state index in [1.807, 2.05) is 0 Å². The van der Waals surface area contributed by atoms with Gasteiger partial charge >= 0.3 is 0 Å². The van der Waals surface area contributed by atoms with Gasteiger partial charge in [0, 0.05) is 18.1 Å². The largest absolute Gasteiger partial charge is 0.493 e. The summed E-state index contributed by atoms with van der Waals surface area (Å²) < 4.78 is 24.2. The van der Waals surface area contributed by atoms with Crippen LogP contribution in [0, 0.1) is 5.82 Å². The molecule has 0 heterocycles. The number of ether oxygens (including phenoxy) is 2. The zero-order chi connectivity index (χ0) is 13.0. The normalized spacial score (nSPS) is 12.1. The number of hydrogen-bond acceptors (Lipinski definition) is 3. The molecule has 1 aromatic carbocycles. The SMILES string of the molecule is COc1cc(Cl)c(F)c(C(C)CC=O)c1OC. The standard InChI is InChI=1S/C12H14ClFO3/c1-7(4-5-15)10-11(14)8(13)6-9(16-2)12(10)17-3/h5-7H,4H2,1-3H3. The Labute approximate surface area is 104 Å². The zero-order valence-corrected chi connectivity index (χ0v) is 10.7. The molecule has 0 bridgehead atoms. The van der Waals surface area contributed by atoms with Crippen molar-refractivity contribution < 1.29 is 18.7 Å². The highest BCUT2D eigenvalue weighted by atomic mass is 35.5. The predicted octanol–water partition coefficient (Wildman–Crippen LogP) is 3.19. The third kappa shape index (κ3) is 2.69. The molecule has 0 fully saturated rings. The van der Waals surface area contributed by atoms with Gasteiger partial charge in [0.25, 0.3) is 0 Å². The average molecular weight is 261 g/mol. The monoisotopic (exact) mass is 260 g/mol. The molecule has 1 atom stereocenters. The van der Waals surface area contributed by atoms with Crippen LogP contribution in [-0.2, 0) is 4.79 Å². The Morgan fingerprint density at radius 3 is 2.59 bits per heavy atom. The molecule has 1 aromatic rings. The fourth-order valence-corrected chi connectivity index (χ4v) is 1.87. The molecule has 0 spiro atoms. The van der Waals surface area contributed by atoms with E-state index in [0.717, 1.165) is 6.29 Å². The van der Waals surface area contributed by atoms with Gasteiger partial charge in [0.05, 0.1) is 19.2 Å². The second-order valence-electron chi connectivity index (χ2n) is 3.62. The highest BCUT2D eigenvalue weighted by Crippen LogP contribution is 2.41. The lowest BCUT2D eigenvalue weighted by atomic mass is 9.96. The lowest BCUT2D eigenvalue weighted by Crippen LogP contribution is -2.04. The molecule has 0 aliphatic rings. The van der Waals surface area contributed by atoms with Crippen molar-refractivity contribution in [1.82, 2.24) is 0 Å². The first-order chi connectivity index (χ1) is 8.06. The van der Waals surface area contributed by atoms with E-state index < -0.39 is 5.82 Å². The minimum absolute atomic E-state index is 0.0459. The molecule has 94 valence electrons. The van der Waals surface area contributed by atoms with E-state index in [4.69, 9.17) is 21.1 Å². The van der Waals surface area contributed by atoms with E-state index >= 15 is 0 Å². The van der Waals surface area contributed by atoms with E-state index in [1.165, 1.54) is 20.3 Å². The minimum atomic E-state index is -0.571. The summed E-state index contributed by atoms with van der Waals surface area (Å²) in [4.78, 5) is 10.5. The van der Waals surface area contributed by atoms with Crippen LogP contribution in [0.15, 0.2) is 6.07 Å². The van der Waals surface area contributed by atoms with E-state index in [0.29, 0.717) is 5.75 Å². The number of hydrogen-bond donors (Lipinski definition) is 0. The summed E-state index contributed by atoms with van der Waals surface area (Å²) in [5.41, 5.74) is 0.268. The second-order valence-corrected chi connectivity index (χ2v) is 4.03. The van der Waals surface area contributed by atoms with Crippen LogP contribution in [0.1, 0.15) is 24.8 Å². The molecule has 1 rings (SSSR count). The summed E-state index contributed by atoms with van der Waals surface area (Å²) in [6.07, 6.45) is 0.924. The first kappa shape index (κ1) is 13.8. The van der Waals surface area contributed by atoms with Gasteiger partial charge in [-0.1, -0.05) is 18.5 Å². The number of rotatable bonds is 5. The summed E-state index contributed by atoms with van der Waals surface area (Å²) in [7, 11) is 2.86. The van der Waals surface area contributed by atoms with Crippen LogP contribution in [0.5, 0.6) is 11.5 Å². The molecule has 0 radical (unpaired) electrons. The van der Waals surface area contributed by atoms with Gasteiger partial charge in [0.1, 0.15) is 12.1 Å². The Kier molecular flexibility index (Phi) is 4.75. The van der Waals surface area contributed by atoms with E-state index in [9.17, 15) is 9.18 Å². The van der Waals surface area contributed by atoms with E-state index in [-0.39, 0.29) is 28.7 Å². The summed E-state index contributed by atoms with van der Waals surface area (Å²) in [6.45, 7) is 1.73. The summed E-state index contributed by atoms with van der Waals surface area (Å²) in [5.74, 6) is -0.260. The van der Waals surface area contributed by atoms with E-state index in [1.54, 1.807) is 6.92 Å². The van der Waals surface area contributed by atoms with Crippen molar-refractivity contribution in [1.29, 1.82) is 0 Å². The molecule has 0 aromatic heterocycles. The zero-order valence-electron chi connectivity index (χ0n) is 9.92. The molecular weight excluding hydrogens is 247 g/mol. The molecule has 5 heteroatoms. The van der Waals surface area contributed by atoms with Gasteiger partial charge in [-0.15, -0.1) is 0 Å². The van der Waals surface area contributed by atoms with Crippen LogP contribution >= 0.6 is 11.6 Å². The summed E-state index contributed by atoms with van der Waals surface area (Å²) >= 11 is 5.77. The van der Waals surface area contributed by atoms with Crippen LogP contribution in [-0.4, -0.2) is 20.5 Å². The number of halogens is 2. The van der Waals surface area contributed by atoms with Crippen molar-refractivity contribution in [3.05, 3.63) is 22.5 Å². The van der Waals surface area contributed by atoms with Crippen molar-refractivity contribution in [2.75, 3.05) is 14.2 Å². The molecule has 1 unspecified atom stereocenters. The summed E-state index contributed by atoms with van der Waals surface area (Å²) in [6, 6.07) is 1.35. The van der Waals surface area contributed by atoms with E-state index in [2.05, 4.69) is 0 Å². The minimum Gasteiger partial charge on any atom is -0.493 e.